The van der Waals surface area contributed by atoms with E-state index >= 15 is 0 Å². The minimum Gasteiger partial charge on any atom is -0.356 e. The Labute approximate surface area is 122 Å². The van der Waals surface area contributed by atoms with Crippen LogP contribution in [0.25, 0.3) is 0 Å². The molecular weight excluding hydrogens is 254 g/mol. The van der Waals surface area contributed by atoms with Gasteiger partial charge in [0, 0.05) is 31.0 Å². The summed E-state index contributed by atoms with van der Waals surface area (Å²) >= 11 is 0. The van der Waals surface area contributed by atoms with Gasteiger partial charge >= 0.3 is 0 Å². The Bertz CT molecular complexity index is 329. The molecule has 20 heavy (non-hydrogen) atoms. The lowest BCUT2D eigenvalue weighted by molar-refractivity contribution is -0.123. The molecule has 116 valence electrons. The van der Waals surface area contributed by atoms with Gasteiger partial charge in [0.2, 0.25) is 11.8 Å². The maximum Gasteiger partial charge on any atom is 0.222 e. The van der Waals surface area contributed by atoms with Crippen LogP contribution >= 0.6 is 0 Å². The number of carbonyl (C=O) groups is 2. The molecule has 0 aromatic rings. The molecule has 0 aliphatic heterocycles. The van der Waals surface area contributed by atoms with E-state index in [-0.39, 0.29) is 17.4 Å². The van der Waals surface area contributed by atoms with Gasteiger partial charge in [-0.1, -0.05) is 0 Å². The summed E-state index contributed by atoms with van der Waals surface area (Å²) in [4.78, 5) is 23.4. The van der Waals surface area contributed by atoms with Crippen molar-refractivity contribution in [2.45, 2.75) is 70.9 Å². The topological polar surface area (TPSA) is 84.2 Å². The fraction of sp³-hybridized carbons (Fsp3) is 0.867. The van der Waals surface area contributed by atoms with E-state index in [4.69, 9.17) is 5.73 Å². The van der Waals surface area contributed by atoms with Gasteiger partial charge in [0.05, 0.1) is 0 Å². The van der Waals surface area contributed by atoms with Crippen LogP contribution in [0.1, 0.15) is 59.3 Å². The first kappa shape index (κ1) is 17.0. The van der Waals surface area contributed by atoms with Gasteiger partial charge in [0.15, 0.2) is 0 Å². The molecule has 0 radical (unpaired) electrons. The van der Waals surface area contributed by atoms with Gasteiger partial charge in [-0.2, -0.15) is 0 Å². The Morgan fingerprint density at radius 1 is 1.10 bits per heavy atom. The molecule has 0 spiro atoms. The standard InChI is InChI=1S/C15H29N3O2/c1-15(2,3)18-13(19)8-9-17-14(20)10-11-4-6-12(16)7-5-11/h11-12H,4-10,16H2,1-3H3,(H,17,20)(H,18,19). The fourth-order valence-corrected chi connectivity index (χ4v) is 2.52. The summed E-state index contributed by atoms with van der Waals surface area (Å²) < 4.78 is 0. The molecule has 0 bridgehead atoms. The predicted octanol–water partition coefficient (Wildman–Crippen LogP) is 1.32. The lowest BCUT2D eigenvalue weighted by Crippen LogP contribution is -2.42. The van der Waals surface area contributed by atoms with Crippen molar-refractivity contribution in [3.8, 4) is 0 Å². The molecule has 5 heteroatoms. The largest absolute Gasteiger partial charge is 0.356 e. The molecule has 0 saturated heterocycles. The molecule has 1 rings (SSSR count). The van der Waals surface area contributed by atoms with E-state index in [1.165, 1.54) is 0 Å². The minimum absolute atomic E-state index is 0.0264. The van der Waals surface area contributed by atoms with E-state index in [0.717, 1.165) is 25.7 Å². The van der Waals surface area contributed by atoms with Crippen molar-refractivity contribution in [2.24, 2.45) is 11.7 Å². The predicted molar refractivity (Wildman–Crippen MR) is 80.1 cm³/mol. The molecule has 1 fully saturated rings. The van der Waals surface area contributed by atoms with Crippen molar-refractivity contribution >= 4 is 11.8 Å². The van der Waals surface area contributed by atoms with Gasteiger partial charge in [0.1, 0.15) is 0 Å². The van der Waals surface area contributed by atoms with E-state index in [1.54, 1.807) is 0 Å². The third kappa shape index (κ3) is 7.48. The zero-order valence-corrected chi connectivity index (χ0v) is 13.0. The van der Waals surface area contributed by atoms with Crippen molar-refractivity contribution in [3.63, 3.8) is 0 Å². The molecule has 2 amide bonds. The lowest BCUT2D eigenvalue weighted by Gasteiger charge is -2.25. The highest BCUT2D eigenvalue weighted by Crippen LogP contribution is 2.25. The molecule has 0 aromatic heterocycles. The molecule has 5 nitrogen and oxygen atoms in total. The second-order valence-electron chi connectivity index (χ2n) is 6.88. The Kier molecular flexibility index (Phi) is 6.46. The summed E-state index contributed by atoms with van der Waals surface area (Å²) in [5.41, 5.74) is 5.63. The summed E-state index contributed by atoms with van der Waals surface area (Å²) in [7, 11) is 0. The minimum atomic E-state index is -0.220. The average Bonchev–Trinajstić information content (AvgIpc) is 2.29. The van der Waals surface area contributed by atoms with Crippen LogP contribution in [0.2, 0.25) is 0 Å². The van der Waals surface area contributed by atoms with E-state index in [1.807, 2.05) is 20.8 Å². The van der Waals surface area contributed by atoms with Crippen molar-refractivity contribution in [2.75, 3.05) is 6.54 Å². The Morgan fingerprint density at radius 2 is 1.70 bits per heavy atom. The van der Waals surface area contributed by atoms with Crippen molar-refractivity contribution < 1.29 is 9.59 Å². The number of nitrogens with one attached hydrogen (secondary N) is 2. The molecule has 0 unspecified atom stereocenters. The van der Waals surface area contributed by atoms with E-state index in [0.29, 0.717) is 31.3 Å². The summed E-state index contributed by atoms with van der Waals surface area (Å²) in [6.07, 6.45) is 5.02. The highest BCUT2D eigenvalue weighted by Gasteiger charge is 2.21. The Morgan fingerprint density at radius 3 is 2.25 bits per heavy atom. The molecule has 0 aromatic carbocycles. The van der Waals surface area contributed by atoms with Crippen LogP contribution in [0.15, 0.2) is 0 Å². The van der Waals surface area contributed by atoms with Crippen LogP contribution in [0, 0.1) is 5.92 Å². The number of amides is 2. The molecular formula is C15H29N3O2. The first-order chi connectivity index (χ1) is 9.26. The van der Waals surface area contributed by atoms with Crippen LogP contribution < -0.4 is 16.4 Å². The smallest absolute Gasteiger partial charge is 0.222 e. The van der Waals surface area contributed by atoms with Gasteiger partial charge in [-0.15, -0.1) is 0 Å². The number of hydrogen-bond donors (Lipinski definition) is 3. The quantitative estimate of drug-likeness (QED) is 0.711. The summed E-state index contributed by atoms with van der Waals surface area (Å²) in [6, 6.07) is 0.315. The van der Waals surface area contributed by atoms with Crippen LogP contribution in [0.3, 0.4) is 0 Å². The first-order valence-corrected chi connectivity index (χ1v) is 7.59. The van der Waals surface area contributed by atoms with Crippen LogP contribution in [0.4, 0.5) is 0 Å². The van der Waals surface area contributed by atoms with E-state index in [2.05, 4.69) is 10.6 Å². The van der Waals surface area contributed by atoms with Gasteiger partial charge in [0.25, 0.3) is 0 Å². The van der Waals surface area contributed by atoms with E-state index < -0.39 is 0 Å². The highest BCUT2D eigenvalue weighted by molar-refractivity contribution is 5.79. The summed E-state index contributed by atoms with van der Waals surface area (Å²) in [5, 5.41) is 5.70. The maximum atomic E-state index is 11.8. The molecule has 1 aliphatic carbocycles. The maximum absolute atomic E-state index is 11.8. The Hall–Kier alpha value is -1.10. The number of nitrogens with two attached hydrogens (primary N) is 1. The van der Waals surface area contributed by atoms with E-state index in [9.17, 15) is 9.59 Å². The van der Waals surface area contributed by atoms with Crippen molar-refractivity contribution in [3.05, 3.63) is 0 Å². The Balaban J connectivity index is 2.13. The normalized spacial score (nSPS) is 23.2. The molecule has 0 atom stereocenters. The summed E-state index contributed by atoms with van der Waals surface area (Å²) in [5.74, 6) is 0.480. The SMILES string of the molecule is CC(C)(C)NC(=O)CCNC(=O)CC1CCC(N)CC1. The third-order valence-electron chi connectivity index (χ3n) is 3.55. The van der Waals surface area contributed by atoms with Gasteiger partial charge in [-0.3, -0.25) is 9.59 Å². The molecule has 1 aliphatic rings. The van der Waals surface area contributed by atoms with Gasteiger partial charge in [-0.25, -0.2) is 0 Å². The van der Waals surface area contributed by atoms with Gasteiger partial charge < -0.3 is 16.4 Å². The first-order valence-electron chi connectivity index (χ1n) is 7.59. The zero-order chi connectivity index (χ0) is 15.2. The molecule has 0 heterocycles. The van der Waals surface area contributed by atoms with Gasteiger partial charge in [-0.05, 0) is 52.4 Å². The highest BCUT2D eigenvalue weighted by atomic mass is 16.2. The fourth-order valence-electron chi connectivity index (χ4n) is 2.52. The van der Waals surface area contributed by atoms with Crippen LogP contribution in [-0.4, -0.2) is 29.9 Å². The summed E-state index contributed by atoms with van der Waals surface area (Å²) in [6.45, 7) is 6.23. The van der Waals surface area contributed by atoms with Crippen LogP contribution in [-0.2, 0) is 9.59 Å². The molecule has 4 N–H and O–H groups in total. The van der Waals surface area contributed by atoms with Crippen molar-refractivity contribution in [1.29, 1.82) is 0 Å². The second kappa shape index (κ2) is 7.62. The number of carbonyl (C=O) groups excluding carboxylic acids is 2. The number of hydrogen-bond acceptors (Lipinski definition) is 3. The zero-order valence-electron chi connectivity index (χ0n) is 13.0. The third-order valence-corrected chi connectivity index (χ3v) is 3.55. The average molecular weight is 283 g/mol. The second-order valence-corrected chi connectivity index (χ2v) is 6.88. The van der Waals surface area contributed by atoms with Crippen LogP contribution in [0.5, 0.6) is 0 Å². The lowest BCUT2D eigenvalue weighted by atomic mass is 9.84. The van der Waals surface area contributed by atoms with Crippen molar-refractivity contribution in [1.82, 2.24) is 10.6 Å². The monoisotopic (exact) mass is 283 g/mol. The molecule has 1 saturated carbocycles. The number of rotatable bonds is 5.